The van der Waals surface area contributed by atoms with Gasteiger partial charge in [-0.25, -0.2) is 4.68 Å². The summed E-state index contributed by atoms with van der Waals surface area (Å²) in [6, 6.07) is 15.9. The molecule has 1 aromatic heterocycles. The fourth-order valence-corrected chi connectivity index (χ4v) is 4.62. The van der Waals surface area contributed by atoms with E-state index in [0.29, 0.717) is 37.6 Å². The van der Waals surface area contributed by atoms with Crippen molar-refractivity contribution in [2.24, 2.45) is 11.7 Å². The van der Waals surface area contributed by atoms with Gasteiger partial charge in [0.2, 0.25) is 11.8 Å². The molecule has 1 saturated heterocycles. The number of hydrogen-bond donors (Lipinski definition) is 2. The maximum Gasteiger partial charge on any atom is 0.248 e. The molecule has 182 valence electrons. The van der Waals surface area contributed by atoms with Crippen LogP contribution in [-0.2, 0) is 16.1 Å². The number of amides is 2. The Bertz CT molecular complexity index is 1240. The number of nitrogens with one attached hydrogen (secondary N) is 1. The van der Waals surface area contributed by atoms with Crippen LogP contribution >= 0.6 is 11.6 Å². The van der Waals surface area contributed by atoms with Crippen molar-refractivity contribution in [2.45, 2.75) is 33.2 Å². The Morgan fingerprint density at radius 3 is 2.49 bits per heavy atom. The first-order valence-corrected chi connectivity index (χ1v) is 12.1. The lowest BCUT2D eigenvalue weighted by Gasteiger charge is -2.33. The molecule has 1 aliphatic heterocycles. The van der Waals surface area contributed by atoms with E-state index in [0.717, 1.165) is 28.2 Å². The van der Waals surface area contributed by atoms with Crippen molar-refractivity contribution in [3.63, 3.8) is 0 Å². The number of nitrogens with two attached hydrogens (primary N) is 1. The van der Waals surface area contributed by atoms with Gasteiger partial charge >= 0.3 is 0 Å². The maximum absolute atomic E-state index is 12.8. The molecule has 1 fully saturated rings. The number of aryl methyl sites for hydroxylation is 2. The second kappa shape index (κ2) is 10.8. The number of anilines is 2. The number of aromatic nitrogens is 2. The molecule has 0 spiro atoms. The highest BCUT2D eigenvalue weighted by molar-refractivity contribution is 6.31. The minimum absolute atomic E-state index is 0.0872. The molecular formula is C27H30ClN5O2. The van der Waals surface area contributed by atoms with Crippen molar-refractivity contribution < 1.29 is 9.59 Å². The molecule has 2 heterocycles. The number of nitrogens with zero attached hydrogens (tertiary/aromatic N) is 3. The fraction of sp³-hybridized carbons (Fsp3) is 0.296. The Kier molecular flexibility index (Phi) is 7.56. The first-order valence-electron chi connectivity index (χ1n) is 11.7. The lowest BCUT2D eigenvalue weighted by molar-refractivity contribution is -0.122. The highest BCUT2D eigenvalue weighted by atomic mass is 35.5. The van der Waals surface area contributed by atoms with Crippen molar-refractivity contribution in [2.75, 3.05) is 23.3 Å². The van der Waals surface area contributed by atoms with Crippen LogP contribution in [0.5, 0.6) is 0 Å². The fourth-order valence-electron chi connectivity index (χ4n) is 4.32. The summed E-state index contributed by atoms with van der Waals surface area (Å²) in [5, 5.41) is 8.01. The molecule has 0 unspecified atom stereocenters. The standard InChI is InChI=1S/C27H30ClN5O2/c1-18-7-9-20(10-8-18)17-33-26(28)22(19(2)31-33)11-12-25(34)30-23-5-3-4-6-24(23)32-15-13-21(14-16-32)27(29)35/h3-12,21H,13-17H2,1-2H3,(H2,29,35)(H,30,34)/b12-11+. The predicted molar refractivity (Wildman–Crippen MR) is 140 cm³/mol. The zero-order chi connectivity index (χ0) is 24.9. The van der Waals surface area contributed by atoms with Crippen molar-refractivity contribution in [1.29, 1.82) is 0 Å². The van der Waals surface area contributed by atoms with Gasteiger partial charge in [-0.2, -0.15) is 5.10 Å². The van der Waals surface area contributed by atoms with Gasteiger partial charge in [0.15, 0.2) is 0 Å². The normalized spacial score (nSPS) is 14.4. The number of para-hydroxylation sites is 2. The Balaban J connectivity index is 1.44. The molecule has 0 bridgehead atoms. The third-order valence-electron chi connectivity index (χ3n) is 6.36. The number of carbonyl (C=O) groups excluding carboxylic acids is 2. The number of hydrogen-bond acceptors (Lipinski definition) is 4. The summed E-state index contributed by atoms with van der Waals surface area (Å²) >= 11 is 6.59. The molecule has 3 N–H and O–H groups in total. The number of primary amides is 1. The summed E-state index contributed by atoms with van der Waals surface area (Å²) in [5.74, 6) is -0.588. The largest absolute Gasteiger partial charge is 0.370 e. The minimum Gasteiger partial charge on any atom is -0.370 e. The lowest BCUT2D eigenvalue weighted by atomic mass is 9.96. The van der Waals surface area contributed by atoms with Crippen molar-refractivity contribution in [3.05, 3.63) is 82.1 Å². The topological polar surface area (TPSA) is 93.2 Å². The zero-order valence-electron chi connectivity index (χ0n) is 20.0. The maximum atomic E-state index is 12.8. The highest BCUT2D eigenvalue weighted by Crippen LogP contribution is 2.30. The van der Waals surface area contributed by atoms with E-state index < -0.39 is 0 Å². The molecule has 0 aliphatic carbocycles. The molecule has 2 aromatic carbocycles. The third kappa shape index (κ3) is 5.92. The summed E-state index contributed by atoms with van der Waals surface area (Å²) in [6.07, 6.45) is 4.60. The van der Waals surface area contributed by atoms with Gasteiger partial charge in [0, 0.05) is 30.6 Å². The summed E-state index contributed by atoms with van der Waals surface area (Å²) in [7, 11) is 0. The van der Waals surface area contributed by atoms with Gasteiger partial charge < -0.3 is 16.0 Å². The lowest BCUT2D eigenvalue weighted by Crippen LogP contribution is -2.38. The van der Waals surface area contributed by atoms with Crippen LogP contribution in [0.15, 0.2) is 54.6 Å². The van der Waals surface area contributed by atoms with E-state index in [1.54, 1.807) is 10.8 Å². The first kappa shape index (κ1) is 24.5. The zero-order valence-corrected chi connectivity index (χ0v) is 20.8. The van der Waals surface area contributed by atoms with Gasteiger partial charge in [0.25, 0.3) is 0 Å². The quantitative estimate of drug-likeness (QED) is 0.474. The van der Waals surface area contributed by atoms with Gasteiger partial charge in [-0.3, -0.25) is 9.59 Å². The van der Waals surface area contributed by atoms with Crippen LogP contribution in [0, 0.1) is 19.8 Å². The molecular weight excluding hydrogens is 462 g/mol. The van der Waals surface area contributed by atoms with Crippen LogP contribution in [0.3, 0.4) is 0 Å². The van der Waals surface area contributed by atoms with Crippen LogP contribution in [0.1, 0.15) is 35.2 Å². The number of piperidine rings is 1. The number of rotatable bonds is 7. The van der Waals surface area contributed by atoms with Gasteiger partial charge in [0.05, 0.1) is 23.6 Å². The predicted octanol–water partition coefficient (Wildman–Crippen LogP) is 4.56. The Hall–Kier alpha value is -3.58. The average molecular weight is 492 g/mol. The van der Waals surface area contributed by atoms with Gasteiger partial charge in [-0.1, -0.05) is 53.6 Å². The molecule has 3 aromatic rings. The van der Waals surface area contributed by atoms with E-state index in [9.17, 15) is 9.59 Å². The molecule has 0 radical (unpaired) electrons. The minimum atomic E-state index is -0.258. The molecule has 7 nitrogen and oxygen atoms in total. The Labute approximate surface area is 210 Å². The second-order valence-corrected chi connectivity index (χ2v) is 9.29. The summed E-state index contributed by atoms with van der Waals surface area (Å²) < 4.78 is 1.74. The monoisotopic (exact) mass is 491 g/mol. The summed E-state index contributed by atoms with van der Waals surface area (Å²) in [5.41, 5.74) is 10.9. The molecule has 1 aliphatic rings. The number of benzene rings is 2. The number of carbonyl (C=O) groups is 2. The van der Waals surface area contributed by atoms with Gasteiger partial charge in [-0.05, 0) is 50.5 Å². The van der Waals surface area contributed by atoms with Gasteiger partial charge in [-0.15, -0.1) is 0 Å². The second-order valence-electron chi connectivity index (χ2n) is 8.94. The van der Waals surface area contributed by atoms with Crippen molar-refractivity contribution >= 4 is 40.9 Å². The van der Waals surface area contributed by atoms with Crippen LogP contribution in [0.4, 0.5) is 11.4 Å². The molecule has 2 amide bonds. The molecule has 8 heteroatoms. The van der Waals surface area contributed by atoms with E-state index in [1.807, 2.05) is 38.1 Å². The number of halogens is 1. The van der Waals surface area contributed by atoms with Crippen LogP contribution in [0.25, 0.3) is 6.08 Å². The van der Waals surface area contributed by atoms with Gasteiger partial charge in [0.1, 0.15) is 5.15 Å². The van der Waals surface area contributed by atoms with E-state index >= 15 is 0 Å². The van der Waals surface area contributed by atoms with Crippen LogP contribution < -0.4 is 16.0 Å². The molecule has 0 atom stereocenters. The SMILES string of the molecule is Cc1ccc(Cn2nc(C)c(/C=C/C(=O)Nc3ccccc3N3CCC(C(N)=O)CC3)c2Cl)cc1. The Morgan fingerprint density at radius 1 is 1.11 bits per heavy atom. The van der Waals surface area contributed by atoms with Crippen LogP contribution in [-0.4, -0.2) is 34.7 Å². The highest BCUT2D eigenvalue weighted by Gasteiger charge is 2.24. The van der Waals surface area contributed by atoms with Crippen LogP contribution in [0.2, 0.25) is 5.15 Å². The van der Waals surface area contributed by atoms with E-state index in [1.165, 1.54) is 11.6 Å². The van der Waals surface area contributed by atoms with Crippen molar-refractivity contribution in [1.82, 2.24) is 9.78 Å². The molecule has 0 saturated carbocycles. The smallest absolute Gasteiger partial charge is 0.248 e. The van der Waals surface area contributed by atoms with Crippen molar-refractivity contribution in [3.8, 4) is 0 Å². The van der Waals surface area contributed by atoms with E-state index in [4.69, 9.17) is 17.3 Å². The molecule has 35 heavy (non-hydrogen) atoms. The van der Waals surface area contributed by atoms with E-state index in [2.05, 4.69) is 39.6 Å². The summed E-state index contributed by atoms with van der Waals surface area (Å²) in [6.45, 7) is 5.91. The molecule has 4 rings (SSSR count). The third-order valence-corrected chi connectivity index (χ3v) is 6.76. The summed E-state index contributed by atoms with van der Waals surface area (Å²) in [4.78, 5) is 26.4. The average Bonchev–Trinajstić information content (AvgIpc) is 3.11. The first-order chi connectivity index (χ1) is 16.8. The van der Waals surface area contributed by atoms with E-state index in [-0.39, 0.29) is 17.7 Å². The Morgan fingerprint density at radius 2 is 1.80 bits per heavy atom.